The van der Waals surface area contributed by atoms with Gasteiger partial charge in [-0.15, -0.1) is 20.2 Å². The van der Waals surface area contributed by atoms with E-state index in [1.807, 2.05) is 0 Å². The van der Waals surface area contributed by atoms with Gasteiger partial charge in [-0.3, -0.25) is 0 Å². The Hall–Kier alpha value is -0.803. The Balaban J connectivity index is -0.000000180. The van der Waals surface area contributed by atoms with Gasteiger partial charge >= 0.3 is 29.0 Å². The zero-order chi connectivity index (χ0) is 5.86. The van der Waals surface area contributed by atoms with Crippen LogP contribution in [0.3, 0.4) is 0 Å². The van der Waals surface area contributed by atoms with E-state index >= 15 is 0 Å². The summed E-state index contributed by atoms with van der Waals surface area (Å²) in [7, 11) is 0. The van der Waals surface area contributed by atoms with Gasteiger partial charge in [-0.2, -0.15) is 0 Å². The zero-order valence-corrected chi connectivity index (χ0v) is 3.94. The Kier molecular flexibility index (Phi) is 5.58. The Morgan fingerprint density at radius 3 is 1.50 bits per heavy atom. The molecular weight excluding hydrogens is 115 g/mol. The van der Waals surface area contributed by atoms with E-state index in [1.165, 1.54) is 0 Å². The predicted molar refractivity (Wildman–Crippen MR) is 16.2 cm³/mol. The molecule has 0 aromatic heterocycles. The first-order valence-corrected chi connectivity index (χ1v) is 1.10. The van der Waals surface area contributed by atoms with Gasteiger partial charge < -0.3 is 1.43 Å². The van der Waals surface area contributed by atoms with Crippen molar-refractivity contribution in [2.24, 2.45) is 0 Å². The van der Waals surface area contributed by atoms with Crippen molar-refractivity contribution < 1.29 is 35.4 Å². The second-order valence-electron chi connectivity index (χ2n) is 0.529. The SMILES string of the molecule is O=[N+]([O-])O[N+](=O)[O-].[H-].[Li+]. The van der Waals surface area contributed by atoms with Gasteiger partial charge in [0.1, 0.15) is 0 Å². The van der Waals surface area contributed by atoms with Gasteiger partial charge in [-0.05, 0) is 0 Å². The van der Waals surface area contributed by atoms with E-state index in [-0.39, 0.29) is 20.3 Å². The smallest absolute Gasteiger partial charge is 1.00 e. The Bertz CT molecular complexity index is 91.1. The Labute approximate surface area is 56.5 Å². The fourth-order valence-corrected chi connectivity index (χ4v) is 0.0544. The van der Waals surface area contributed by atoms with Gasteiger partial charge in [0.05, 0.1) is 0 Å². The minimum Gasteiger partial charge on any atom is -1.00 e. The molecule has 0 bridgehead atoms. The maximum absolute atomic E-state index is 8.95. The summed E-state index contributed by atoms with van der Waals surface area (Å²) in [6, 6.07) is 0. The van der Waals surface area contributed by atoms with E-state index in [0.717, 1.165) is 0 Å². The molecule has 0 aliphatic carbocycles. The molecular formula is HLiN2O5. The van der Waals surface area contributed by atoms with Gasteiger partial charge in [-0.25, -0.2) is 0 Å². The average Bonchev–Trinajstić information content (AvgIpc) is 1.27. The quantitative estimate of drug-likeness (QED) is 0.212. The van der Waals surface area contributed by atoms with Gasteiger partial charge in [-0.1, -0.05) is 0 Å². The van der Waals surface area contributed by atoms with Crippen LogP contribution in [0.1, 0.15) is 1.43 Å². The zero-order valence-electron chi connectivity index (χ0n) is 4.94. The summed E-state index contributed by atoms with van der Waals surface area (Å²) in [5, 5.41) is 14.9. The van der Waals surface area contributed by atoms with Crippen LogP contribution in [0.4, 0.5) is 0 Å². The number of hydrogen-bond donors (Lipinski definition) is 0. The van der Waals surface area contributed by atoms with Crippen molar-refractivity contribution >= 4 is 0 Å². The molecule has 0 aromatic rings. The summed E-state index contributed by atoms with van der Waals surface area (Å²) in [6.45, 7) is 0. The van der Waals surface area contributed by atoms with Crippen LogP contribution in [-0.4, -0.2) is 10.2 Å². The third-order valence-electron chi connectivity index (χ3n) is 0.133. The average molecular weight is 116 g/mol. The maximum atomic E-state index is 8.95. The van der Waals surface area contributed by atoms with Crippen LogP contribution in [-0.2, 0) is 4.94 Å². The van der Waals surface area contributed by atoms with Crippen LogP contribution in [0.25, 0.3) is 0 Å². The normalized spacial score (nSPS) is 6.50. The van der Waals surface area contributed by atoms with E-state index in [9.17, 15) is 0 Å². The van der Waals surface area contributed by atoms with Gasteiger partial charge in [0.15, 0.2) is 0 Å². The van der Waals surface area contributed by atoms with Crippen LogP contribution in [0.2, 0.25) is 0 Å². The number of nitrogens with zero attached hydrogens (tertiary/aromatic N) is 2. The van der Waals surface area contributed by atoms with Crippen molar-refractivity contribution in [2.75, 3.05) is 0 Å². The van der Waals surface area contributed by atoms with Gasteiger partial charge in [0, 0.05) is 4.94 Å². The third kappa shape index (κ3) is 8.96. The Morgan fingerprint density at radius 2 is 1.50 bits per heavy atom. The number of hydrogen-bond acceptors (Lipinski definition) is 5. The van der Waals surface area contributed by atoms with Crippen molar-refractivity contribution in [3.8, 4) is 0 Å². The number of rotatable bonds is 2. The van der Waals surface area contributed by atoms with Gasteiger partial charge in [0.2, 0.25) is 0 Å². The summed E-state index contributed by atoms with van der Waals surface area (Å²) >= 11 is 0. The summed E-state index contributed by atoms with van der Waals surface area (Å²) in [4.78, 5) is 20.6. The molecule has 0 heterocycles. The topological polar surface area (TPSA) is 95.5 Å². The molecule has 42 valence electrons. The molecule has 0 aliphatic heterocycles. The van der Waals surface area contributed by atoms with Crippen molar-refractivity contribution in [3.05, 3.63) is 20.2 Å². The molecule has 0 rings (SSSR count). The predicted octanol–water partition coefficient (Wildman–Crippen LogP) is -3.50. The van der Waals surface area contributed by atoms with E-state index in [4.69, 9.17) is 20.2 Å². The third-order valence-corrected chi connectivity index (χ3v) is 0.133. The minimum absolute atomic E-state index is 0. The summed E-state index contributed by atoms with van der Waals surface area (Å²) in [5.74, 6) is 0. The molecule has 0 saturated carbocycles. The van der Waals surface area contributed by atoms with E-state index in [0.29, 0.717) is 0 Å². The van der Waals surface area contributed by atoms with E-state index in [2.05, 4.69) is 4.94 Å². The molecule has 0 radical (unpaired) electrons. The Morgan fingerprint density at radius 1 is 1.25 bits per heavy atom. The first-order valence-electron chi connectivity index (χ1n) is 1.10. The maximum Gasteiger partial charge on any atom is 1.00 e. The fraction of sp³-hybridized carbons (Fsp3) is 0. The van der Waals surface area contributed by atoms with Gasteiger partial charge in [0.25, 0.3) is 0 Å². The largest absolute Gasteiger partial charge is 1.00 e. The molecule has 0 unspecified atom stereocenters. The van der Waals surface area contributed by atoms with Crippen LogP contribution in [0, 0.1) is 20.2 Å². The monoisotopic (exact) mass is 116 g/mol. The van der Waals surface area contributed by atoms with Crippen molar-refractivity contribution in [1.29, 1.82) is 0 Å². The molecule has 7 nitrogen and oxygen atoms in total. The molecule has 0 aromatic carbocycles. The summed E-state index contributed by atoms with van der Waals surface area (Å²) in [6.07, 6.45) is 0. The second kappa shape index (κ2) is 4.36. The molecule has 0 atom stereocenters. The molecule has 0 aliphatic rings. The van der Waals surface area contributed by atoms with E-state index in [1.54, 1.807) is 0 Å². The van der Waals surface area contributed by atoms with Crippen molar-refractivity contribution in [1.82, 2.24) is 0 Å². The molecule has 0 amide bonds. The van der Waals surface area contributed by atoms with Crippen LogP contribution in [0.15, 0.2) is 0 Å². The summed E-state index contributed by atoms with van der Waals surface area (Å²) in [5.41, 5.74) is 0. The van der Waals surface area contributed by atoms with Crippen LogP contribution >= 0.6 is 0 Å². The second-order valence-corrected chi connectivity index (χ2v) is 0.529. The standard InChI is InChI=1S/Li.N2O5.H/c;3-1(4)7-2(5)6;/q+1;;-1. The first kappa shape index (κ1) is 10.2. The molecule has 0 spiro atoms. The minimum atomic E-state index is -1.50. The van der Waals surface area contributed by atoms with Crippen LogP contribution in [0.5, 0.6) is 0 Å². The molecule has 0 N–H and O–H groups in total. The molecule has 8 heteroatoms. The molecule has 8 heavy (non-hydrogen) atoms. The molecule has 0 saturated heterocycles. The van der Waals surface area contributed by atoms with Crippen molar-refractivity contribution in [3.63, 3.8) is 0 Å². The molecule has 0 fully saturated rings. The van der Waals surface area contributed by atoms with Crippen LogP contribution < -0.4 is 18.9 Å². The fourth-order valence-electron chi connectivity index (χ4n) is 0.0544. The van der Waals surface area contributed by atoms with Crippen molar-refractivity contribution in [2.45, 2.75) is 0 Å². The summed E-state index contributed by atoms with van der Waals surface area (Å²) < 4.78 is 0. The first-order chi connectivity index (χ1) is 3.13. The van der Waals surface area contributed by atoms with E-state index < -0.39 is 10.2 Å².